The van der Waals surface area contributed by atoms with Gasteiger partial charge in [0.2, 0.25) is 0 Å². The predicted octanol–water partition coefficient (Wildman–Crippen LogP) is 1.22. The van der Waals surface area contributed by atoms with Gasteiger partial charge in [0, 0.05) is 25.2 Å². The van der Waals surface area contributed by atoms with Crippen LogP contribution in [0.4, 0.5) is 0 Å². The summed E-state index contributed by atoms with van der Waals surface area (Å²) in [5.74, 6) is 1.78. The molecule has 0 unspecified atom stereocenters. The second-order valence-corrected chi connectivity index (χ2v) is 7.05. The lowest BCUT2D eigenvalue weighted by atomic mass is 9.67. The number of piperidine rings is 1. The molecular formula is C17H25N3O. The Labute approximate surface area is 126 Å². The molecule has 2 fully saturated rings. The molecule has 1 saturated heterocycles. The van der Waals surface area contributed by atoms with Crippen molar-refractivity contribution in [2.75, 3.05) is 20.2 Å². The highest BCUT2D eigenvalue weighted by molar-refractivity contribution is 5.45. The molecule has 0 aromatic heterocycles. The van der Waals surface area contributed by atoms with E-state index in [2.05, 4.69) is 17.0 Å². The highest BCUT2D eigenvalue weighted by Gasteiger charge is 2.50. The maximum atomic E-state index is 6.78. The molecular weight excluding hydrogens is 262 g/mol. The lowest BCUT2D eigenvalue weighted by molar-refractivity contribution is 0.0547. The van der Waals surface area contributed by atoms with Crippen molar-refractivity contribution in [2.24, 2.45) is 17.4 Å². The molecule has 1 aromatic rings. The molecule has 2 bridgehead atoms. The molecule has 114 valence electrons. The van der Waals surface area contributed by atoms with Crippen LogP contribution in [0.25, 0.3) is 0 Å². The molecule has 3 atom stereocenters. The number of ether oxygens (including phenoxy) is 1. The number of nitrogens with zero attached hydrogens (tertiary/aromatic N) is 1. The Hall–Kier alpha value is -1.10. The van der Waals surface area contributed by atoms with E-state index >= 15 is 0 Å². The zero-order valence-corrected chi connectivity index (χ0v) is 12.7. The van der Waals surface area contributed by atoms with Crippen molar-refractivity contribution in [3.8, 4) is 5.75 Å². The summed E-state index contributed by atoms with van der Waals surface area (Å²) in [6.45, 7) is 2.28. The van der Waals surface area contributed by atoms with E-state index in [1.165, 1.54) is 30.5 Å². The van der Waals surface area contributed by atoms with Crippen molar-refractivity contribution in [1.29, 1.82) is 0 Å². The quantitative estimate of drug-likeness (QED) is 0.877. The summed E-state index contributed by atoms with van der Waals surface area (Å²) in [6, 6.07) is 6.73. The van der Waals surface area contributed by atoms with E-state index in [0.29, 0.717) is 6.04 Å². The van der Waals surface area contributed by atoms with Gasteiger partial charge in [0.25, 0.3) is 0 Å². The largest absolute Gasteiger partial charge is 0.497 e. The number of methoxy groups -OCH3 is 1. The first kappa shape index (κ1) is 13.6. The Kier molecular flexibility index (Phi) is 3.03. The molecule has 1 heterocycles. The Bertz CT molecular complexity index is 557. The highest BCUT2D eigenvalue weighted by Crippen LogP contribution is 2.43. The minimum absolute atomic E-state index is 0.0182. The van der Waals surface area contributed by atoms with E-state index < -0.39 is 5.54 Å². The maximum absolute atomic E-state index is 6.78. The monoisotopic (exact) mass is 287 g/mol. The zero-order chi connectivity index (χ0) is 14.6. The van der Waals surface area contributed by atoms with E-state index in [1.807, 2.05) is 6.07 Å². The summed E-state index contributed by atoms with van der Waals surface area (Å²) in [7, 11) is 1.70. The van der Waals surface area contributed by atoms with Crippen LogP contribution in [0, 0.1) is 5.92 Å². The first-order valence-electron chi connectivity index (χ1n) is 8.08. The van der Waals surface area contributed by atoms with Gasteiger partial charge in [-0.15, -0.1) is 0 Å². The van der Waals surface area contributed by atoms with Crippen molar-refractivity contribution in [2.45, 2.75) is 43.3 Å². The van der Waals surface area contributed by atoms with Gasteiger partial charge in [-0.2, -0.15) is 0 Å². The van der Waals surface area contributed by atoms with Gasteiger partial charge in [-0.05, 0) is 54.9 Å². The smallest absolute Gasteiger partial charge is 0.119 e. The topological polar surface area (TPSA) is 64.5 Å². The van der Waals surface area contributed by atoms with E-state index in [4.69, 9.17) is 16.2 Å². The van der Waals surface area contributed by atoms with Gasteiger partial charge in [-0.3, -0.25) is 4.90 Å². The predicted molar refractivity (Wildman–Crippen MR) is 83.2 cm³/mol. The van der Waals surface area contributed by atoms with Gasteiger partial charge < -0.3 is 16.2 Å². The number of nitrogens with two attached hydrogens (primary N) is 2. The molecule has 4 N–H and O–H groups in total. The number of benzene rings is 1. The van der Waals surface area contributed by atoms with Crippen molar-refractivity contribution >= 4 is 0 Å². The second kappa shape index (κ2) is 4.70. The van der Waals surface area contributed by atoms with Crippen molar-refractivity contribution in [3.05, 3.63) is 29.3 Å². The highest BCUT2D eigenvalue weighted by atomic mass is 16.5. The Morgan fingerprint density at radius 2 is 2.19 bits per heavy atom. The van der Waals surface area contributed by atoms with Gasteiger partial charge in [-0.25, -0.2) is 0 Å². The van der Waals surface area contributed by atoms with Crippen LogP contribution in [0.2, 0.25) is 0 Å². The molecule has 4 nitrogen and oxygen atoms in total. The summed E-state index contributed by atoms with van der Waals surface area (Å²) < 4.78 is 5.37. The van der Waals surface area contributed by atoms with Crippen LogP contribution < -0.4 is 16.2 Å². The summed E-state index contributed by atoms with van der Waals surface area (Å²) in [4.78, 5) is 2.60. The molecule has 4 heteroatoms. The normalized spacial score (nSPS) is 35.4. The third kappa shape index (κ3) is 2.08. The Balaban J connectivity index is 1.70. The minimum Gasteiger partial charge on any atom is -0.497 e. The number of likely N-dealkylation sites (tertiary alicyclic amines) is 1. The first-order valence-corrected chi connectivity index (χ1v) is 8.08. The van der Waals surface area contributed by atoms with Gasteiger partial charge >= 0.3 is 0 Å². The molecule has 0 amide bonds. The molecule has 1 aromatic carbocycles. The summed E-state index contributed by atoms with van der Waals surface area (Å²) in [5, 5.41) is 0. The van der Waals surface area contributed by atoms with E-state index in [-0.39, 0.29) is 6.04 Å². The molecule has 0 radical (unpaired) electrons. The second-order valence-electron chi connectivity index (χ2n) is 7.05. The number of hydrogen-bond acceptors (Lipinski definition) is 4. The van der Waals surface area contributed by atoms with Crippen molar-refractivity contribution < 1.29 is 4.74 Å². The summed E-state index contributed by atoms with van der Waals surface area (Å²) >= 11 is 0. The fourth-order valence-corrected chi connectivity index (χ4v) is 4.18. The van der Waals surface area contributed by atoms with Crippen molar-refractivity contribution in [3.63, 3.8) is 0 Å². The zero-order valence-electron chi connectivity index (χ0n) is 12.7. The van der Waals surface area contributed by atoms with Crippen LogP contribution in [-0.4, -0.2) is 37.2 Å². The Morgan fingerprint density at radius 1 is 1.38 bits per heavy atom. The first-order chi connectivity index (χ1) is 10.1. The standard InChI is InChI=1S/C17H25N3O/c1-21-13-5-4-12-8-15-16(18)17(19,14(12)9-13)6-7-20(15)10-11-2-3-11/h4-5,9,11,15-16H,2-3,6-8,10,18-19H2,1H3/t15-,16-,17-/m1/s1. The fraction of sp³-hybridized carbons (Fsp3) is 0.647. The average molecular weight is 287 g/mol. The molecule has 1 aliphatic heterocycles. The van der Waals surface area contributed by atoms with Crippen LogP contribution in [-0.2, 0) is 12.0 Å². The van der Waals surface area contributed by atoms with Gasteiger partial charge in [0.1, 0.15) is 5.75 Å². The maximum Gasteiger partial charge on any atom is 0.119 e. The molecule has 2 aliphatic carbocycles. The Morgan fingerprint density at radius 3 is 2.90 bits per heavy atom. The van der Waals surface area contributed by atoms with Gasteiger partial charge in [0.15, 0.2) is 0 Å². The molecule has 4 rings (SSSR count). The third-order valence-electron chi connectivity index (χ3n) is 5.73. The third-order valence-corrected chi connectivity index (χ3v) is 5.73. The lowest BCUT2D eigenvalue weighted by Gasteiger charge is -2.54. The van der Waals surface area contributed by atoms with Crippen molar-refractivity contribution in [1.82, 2.24) is 4.90 Å². The van der Waals surface area contributed by atoms with Crippen LogP contribution in [0.5, 0.6) is 5.75 Å². The number of fused-ring (bicyclic) bond motifs is 4. The average Bonchev–Trinajstić information content (AvgIpc) is 3.30. The summed E-state index contributed by atoms with van der Waals surface area (Å²) in [5.41, 5.74) is 15.5. The minimum atomic E-state index is -0.396. The van der Waals surface area contributed by atoms with Crippen LogP contribution in [0.15, 0.2) is 18.2 Å². The van der Waals surface area contributed by atoms with E-state index in [1.54, 1.807) is 7.11 Å². The lowest BCUT2D eigenvalue weighted by Crippen LogP contribution is -2.70. The van der Waals surface area contributed by atoms with E-state index in [9.17, 15) is 0 Å². The number of hydrogen-bond donors (Lipinski definition) is 2. The number of rotatable bonds is 3. The van der Waals surface area contributed by atoms with Gasteiger partial charge in [-0.1, -0.05) is 6.07 Å². The van der Waals surface area contributed by atoms with Crippen LogP contribution >= 0.6 is 0 Å². The van der Waals surface area contributed by atoms with Crippen LogP contribution in [0.3, 0.4) is 0 Å². The van der Waals surface area contributed by atoms with E-state index in [0.717, 1.165) is 31.1 Å². The molecule has 1 saturated carbocycles. The van der Waals surface area contributed by atoms with Gasteiger partial charge in [0.05, 0.1) is 12.6 Å². The molecule has 21 heavy (non-hydrogen) atoms. The molecule has 3 aliphatic rings. The molecule has 0 spiro atoms. The fourth-order valence-electron chi connectivity index (χ4n) is 4.18. The SMILES string of the molecule is COc1ccc2c(c1)[C@]1(N)CCN(CC3CC3)[C@H](C2)[C@H]1N. The summed E-state index contributed by atoms with van der Waals surface area (Å²) in [6.07, 6.45) is 4.74. The van der Waals surface area contributed by atoms with Crippen LogP contribution in [0.1, 0.15) is 30.4 Å².